The molecule has 0 atom stereocenters. The van der Waals surface area contributed by atoms with Crippen LogP contribution in [-0.4, -0.2) is 12.8 Å². The number of rotatable bonds is 4. The first-order chi connectivity index (χ1) is 6.97. The fourth-order valence-corrected chi connectivity index (χ4v) is 1.15. The van der Waals surface area contributed by atoms with E-state index in [1.54, 1.807) is 24.3 Å². The Morgan fingerprint density at radius 1 is 1.13 bits per heavy atom. The molecular formula is C10H11F3OS. The smallest absolute Gasteiger partial charge is 0.389 e. The fraction of sp³-hybridized carbons (Fsp3) is 0.400. The van der Waals surface area contributed by atoms with Gasteiger partial charge in [0.1, 0.15) is 5.75 Å². The maximum absolute atomic E-state index is 11.8. The SMILES string of the molecule is FC(F)(F)CCCOc1ccc(S)cc1. The zero-order chi connectivity index (χ0) is 11.3. The van der Waals surface area contributed by atoms with Crippen molar-refractivity contribution in [3.05, 3.63) is 24.3 Å². The van der Waals surface area contributed by atoms with E-state index in [-0.39, 0.29) is 13.0 Å². The van der Waals surface area contributed by atoms with Gasteiger partial charge in [-0.25, -0.2) is 0 Å². The van der Waals surface area contributed by atoms with Gasteiger partial charge in [0.2, 0.25) is 0 Å². The standard InChI is InChI=1S/C10H11F3OS/c11-10(12,13)6-1-7-14-8-2-4-9(15)5-3-8/h2-5,15H,1,6-7H2. The molecular weight excluding hydrogens is 225 g/mol. The average molecular weight is 236 g/mol. The zero-order valence-electron chi connectivity index (χ0n) is 7.92. The molecule has 0 bridgehead atoms. The molecule has 0 saturated carbocycles. The lowest BCUT2D eigenvalue weighted by molar-refractivity contribution is -0.136. The minimum atomic E-state index is -4.10. The largest absolute Gasteiger partial charge is 0.494 e. The van der Waals surface area contributed by atoms with Crippen molar-refractivity contribution < 1.29 is 17.9 Å². The lowest BCUT2D eigenvalue weighted by Gasteiger charge is -2.08. The molecule has 1 nitrogen and oxygen atoms in total. The lowest BCUT2D eigenvalue weighted by atomic mass is 10.3. The highest BCUT2D eigenvalue weighted by molar-refractivity contribution is 7.80. The third-order valence-corrected chi connectivity index (χ3v) is 2.01. The van der Waals surface area contributed by atoms with E-state index in [1.807, 2.05) is 0 Å². The van der Waals surface area contributed by atoms with Gasteiger partial charge >= 0.3 is 6.18 Å². The molecule has 0 amide bonds. The Morgan fingerprint density at radius 3 is 2.27 bits per heavy atom. The molecule has 0 aromatic heterocycles. The molecule has 5 heteroatoms. The number of hydrogen-bond acceptors (Lipinski definition) is 2. The van der Waals surface area contributed by atoms with Crippen LogP contribution in [0.1, 0.15) is 12.8 Å². The molecule has 0 aliphatic rings. The molecule has 0 spiro atoms. The summed E-state index contributed by atoms with van der Waals surface area (Å²) in [4.78, 5) is 0.789. The molecule has 1 rings (SSSR count). The van der Waals surface area contributed by atoms with E-state index in [2.05, 4.69) is 12.6 Å². The van der Waals surface area contributed by atoms with Crippen LogP contribution in [0, 0.1) is 0 Å². The van der Waals surface area contributed by atoms with Crippen molar-refractivity contribution >= 4 is 12.6 Å². The minimum absolute atomic E-state index is 0.0217. The van der Waals surface area contributed by atoms with Crippen LogP contribution in [0.4, 0.5) is 13.2 Å². The van der Waals surface area contributed by atoms with Gasteiger partial charge in [-0.05, 0) is 30.7 Å². The van der Waals surface area contributed by atoms with E-state index in [0.717, 1.165) is 4.90 Å². The van der Waals surface area contributed by atoms with E-state index in [1.165, 1.54) is 0 Å². The lowest BCUT2D eigenvalue weighted by Crippen LogP contribution is -2.09. The molecule has 0 heterocycles. The van der Waals surface area contributed by atoms with Crippen LogP contribution in [0.3, 0.4) is 0 Å². The van der Waals surface area contributed by atoms with E-state index >= 15 is 0 Å². The monoisotopic (exact) mass is 236 g/mol. The summed E-state index contributed by atoms with van der Waals surface area (Å²) < 4.78 is 40.4. The number of alkyl halides is 3. The Bertz CT molecular complexity index is 295. The normalized spacial score (nSPS) is 11.5. The maximum Gasteiger partial charge on any atom is 0.389 e. The minimum Gasteiger partial charge on any atom is -0.494 e. The molecule has 0 N–H and O–H groups in total. The first-order valence-electron chi connectivity index (χ1n) is 4.46. The number of hydrogen-bond donors (Lipinski definition) is 1. The molecule has 0 unspecified atom stereocenters. The summed E-state index contributed by atoms with van der Waals surface area (Å²) in [5.41, 5.74) is 0. The second kappa shape index (κ2) is 5.30. The Morgan fingerprint density at radius 2 is 1.73 bits per heavy atom. The van der Waals surface area contributed by atoms with Gasteiger partial charge in [0.05, 0.1) is 6.61 Å². The molecule has 0 saturated heterocycles. The molecule has 0 aliphatic heterocycles. The van der Waals surface area contributed by atoms with Gasteiger partial charge in [0.15, 0.2) is 0 Å². The quantitative estimate of drug-likeness (QED) is 0.619. The van der Waals surface area contributed by atoms with Gasteiger partial charge in [-0.3, -0.25) is 0 Å². The maximum atomic E-state index is 11.8. The topological polar surface area (TPSA) is 9.23 Å². The molecule has 1 aromatic rings. The van der Waals surface area contributed by atoms with Crippen molar-refractivity contribution in [2.24, 2.45) is 0 Å². The molecule has 0 radical (unpaired) electrons. The summed E-state index contributed by atoms with van der Waals surface area (Å²) in [6, 6.07) is 6.80. The van der Waals surface area contributed by atoms with Crippen LogP contribution in [0.2, 0.25) is 0 Å². The summed E-state index contributed by atoms with van der Waals surface area (Å²) in [5.74, 6) is 0.565. The molecule has 1 aromatic carbocycles. The van der Waals surface area contributed by atoms with E-state index in [9.17, 15) is 13.2 Å². The number of benzene rings is 1. The van der Waals surface area contributed by atoms with Crippen LogP contribution in [0.5, 0.6) is 5.75 Å². The number of halogens is 3. The van der Waals surface area contributed by atoms with Crippen LogP contribution in [0.25, 0.3) is 0 Å². The van der Waals surface area contributed by atoms with Crippen LogP contribution < -0.4 is 4.74 Å². The highest BCUT2D eigenvalue weighted by Crippen LogP contribution is 2.21. The summed E-state index contributed by atoms with van der Waals surface area (Å²) in [7, 11) is 0. The predicted molar refractivity (Wildman–Crippen MR) is 54.5 cm³/mol. The summed E-state index contributed by atoms with van der Waals surface area (Å²) in [5, 5.41) is 0. The predicted octanol–water partition coefficient (Wildman–Crippen LogP) is 3.70. The Hall–Kier alpha value is -0.840. The van der Waals surface area contributed by atoms with Crippen LogP contribution in [0.15, 0.2) is 29.2 Å². The third-order valence-electron chi connectivity index (χ3n) is 1.71. The molecule has 15 heavy (non-hydrogen) atoms. The van der Waals surface area contributed by atoms with E-state index < -0.39 is 12.6 Å². The van der Waals surface area contributed by atoms with Gasteiger partial charge in [-0.2, -0.15) is 13.2 Å². The van der Waals surface area contributed by atoms with Crippen molar-refractivity contribution in [3.8, 4) is 5.75 Å². The summed E-state index contributed by atoms with van der Waals surface area (Å²) >= 11 is 4.07. The second-order valence-corrected chi connectivity index (χ2v) is 3.58. The highest BCUT2D eigenvalue weighted by Gasteiger charge is 2.25. The Balaban J connectivity index is 2.23. The Labute approximate surface area is 91.7 Å². The first-order valence-corrected chi connectivity index (χ1v) is 4.91. The van der Waals surface area contributed by atoms with Crippen molar-refractivity contribution in [2.75, 3.05) is 6.61 Å². The van der Waals surface area contributed by atoms with Crippen LogP contribution in [-0.2, 0) is 0 Å². The van der Waals surface area contributed by atoms with E-state index in [4.69, 9.17) is 4.74 Å². The number of ether oxygens (including phenoxy) is 1. The summed E-state index contributed by atoms with van der Waals surface area (Å²) in [6.07, 6.45) is -4.93. The molecule has 0 fully saturated rings. The van der Waals surface area contributed by atoms with Gasteiger partial charge in [-0.1, -0.05) is 0 Å². The van der Waals surface area contributed by atoms with Crippen molar-refractivity contribution in [1.29, 1.82) is 0 Å². The van der Waals surface area contributed by atoms with Gasteiger partial charge in [0, 0.05) is 11.3 Å². The van der Waals surface area contributed by atoms with Crippen molar-refractivity contribution in [2.45, 2.75) is 23.9 Å². The van der Waals surface area contributed by atoms with Gasteiger partial charge in [0.25, 0.3) is 0 Å². The average Bonchev–Trinajstić information content (AvgIpc) is 2.14. The van der Waals surface area contributed by atoms with Gasteiger partial charge < -0.3 is 4.74 Å². The van der Waals surface area contributed by atoms with Crippen molar-refractivity contribution in [3.63, 3.8) is 0 Å². The molecule has 84 valence electrons. The third kappa shape index (κ3) is 5.57. The second-order valence-electron chi connectivity index (χ2n) is 3.06. The van der Waals surface area contributed by atoms with Crippen LogP contribution >= 0.6 is 12.6 Å². The van der Waals surface area contributed by atoms with Crippen molar-refractivity contribution in [1.82, 2.24) is 0 Å². The fourth-order valence-electron chi connectivity index (χ4n) is 1.00. The van der Waals surface area contributed by atoms with Gasteiger partial charge in [-0.15, -0.1) is 12.6 Å². The highest BCUT2D eigenvalue weighted by atomic mass is 32.1. The summed E-state index contributed by atoms with van der Waals surface area (Å²) in [6.45, 7) is 0.0748. The first kappa shape index (κ1) is 12.2. The molecule has 0 aliphatic carbocycles. The van der Waals surface area contributed by atoms with E-state index in [0.29, 0.717) is 5.75 Å². The Kier molecular flexibility index (Phi) is 4.32. The number of thiol groups is 1. The zero-order valence-corrected chi connectivity index (χ0v) is 8.81.